The normalized spacial score (nSPS) is 24.0. The average molecular weight is 326 g/mol. The van der Waals surface area contributed by atoms with Crippen LogP contribution in [0, 0.1) is 5.82 Å². The van der Waals surface area contributed by atoms with Crippen molar-refractivity contribution in [3.05, 3.63) is 34.6 Å². The molecule has 6 heteroatoms. The highest BCUT2D eigenvalue weighted by atomic mass is 35.5. The van der Waals surface area contributed by atoms with E-state index in [2.05, 4.69) is 10.2 Å². The molecule has 120 valence electrons. The third-order valence-corrected chi connectivity index (χ3v) is 4.84. The highest BCUT2D eigenvalue weighted by Gasteiger charge is 2.46. The third kappa shape index (κ3) is 3.59. The van der Waals surface area contributed by atoms with Gasteiger partial charge in [0.15, 0.2) is 0 Å². The number of amides is 1. The van der Waals surface area contributed by atoms with Crippen LogP contribution in [0.1, 0.15) is 31.2 Å². The highest BCUT2D eigenvalue weighted by molar-refractivity contribution is 6.31. The molecule has 22 heavy (non-hydrogen) atoms. The third-order valence-electron chi connectivity index (χ3n) is 4.49. The maximum atomic E-state index is 13.1. The molecular weight excluding hydrogens is 305 g/mol. The Morgan fingerprint density at radius 3 is 2.95 bits per heavy atom. The Bertz CT molecular complexity index is 577. The number of carbonyl (C=O) groups is 1. The van der Waals surface area contributed by atoms with E-state index in [0.717, 1.165) is 44.3 Å². The largest absolute Gasteiger partial charge is 0.350 e. The summed E-state index contributed by atoms with van der Waals surface area (Å²) in [6.07, 6.45) is 3.54. The predicted molar refractivity (Wildman–Crippen MR) is 84.0 cm³/mol. The van der Waals surface area contributed by atoms with E-state index in [1.807, 2.05) is 0 Å². The Morgan fingerprint density at radius 2 is 2.27 bits per heavy atom. The average Bonchev–Trinajstić information content (AvgIpc) is 3.22. The molecule has 0 spiro atoms. The second-order valence-corrected chi connectivity index (χ2v) is 6.85. The Morgan fingerprint density at radius 1 is 1.50 bits per heavy atom. The van der Waals surface area contributed by atoms with E-state index in [9.17, 15) is 9.18 Å². The molecule has 1 heterocycles. The highest BCUT2D eigenvalue weighted by Crippen LogP contribution is 2.32. The Balaban J connectivity index is 1.57. The lowest BCUT2D eigenvalue weighted by Gasteiger charge is -2.33. The van der Waals surface area contributed by atoms with Crippen molar-refractivity contribution in [3.8, 4) is 0 Å². The molecule has 1 aromatic rings. The molecule has 2 aliphatic rings. The van der Waals surface area contributed by atoms with Crippen molar-refractivity contribution in [1.29, 1.82) is 0 Å². The first kappa shape index (κ1) is 15.7. The lowest BCUT2D eigenvalue weighted by molar-refractivity contribution is -0.124. The molecule has 0 radical (unpaired) electrons. The fourth-order valence-corrected chi connectivity index (χ4v) is 3.13. The minimum atomic E-state index is -0.622. The van der Waals surface area contributed by atoms with Gasteiger partial charge in [0.05, 0.1) is 5.54 Å². The first-order chi connectivity index (χ1) is 10.5. The number of hydrogen-bond acceptors (Lipinski definition) is 3. The summed E-state index contributed by atoms with van der Waals surface area (Å²) in [7, 11) is 0. The summed E-state index contributed by atoms with van der Waals surface area (Å²) in [5.74, 6) is -0.352. The Labute approximate surface area is 134 Å². The molecule has 0 unspecified atom stereocenters. The van der Waals surface area contributed by atoms with E-state index in [1.54, 1.807) is 6.07 Å². The van der Waals surface area contributed by atoms with Crippen molar-refractivity contribution in [3.63, 3.8) is 0 Å². The van der Waals surface area contributed by atoms with Crippen molar-refractivity contribution < 1.29 is 9.18 Å². The van der Waals surface area contributed by atoms with E-state index in [4.69, 9.17) is 17.3 Å². The second kappa shape index (κ2) is 6.14. The van der Waals surface area contributed by atoms with Gasteiger partial charge in [-0.3, -0.25) is 9.69 Å². The number of benzene rings is 1. The molecule has 3 N–H and O–H groups in total. The Kier molecular flexibility index (Phi) is 4.39. The van der Waals surface area contributed by atoms with E-state index in [0.29, 0.717) is 11.6 Å². The number of hydrogen-bond donors (Lipinski definition) is 2. The monoisotopic (exact) mass is 325 g/mol. The zero-order valence-corrected chi connectivity index (χ0v) is 13.2. The molecule has 1 atom stereocenters. The van der Waals surface area contributed by atoms with Gasteiger partial charge in [-0.05, 0) is 49.9 Å². The molecule has 0 bridgehead atoms. The van der Waals surface area contributed by atoms with Crippen molar-refractivity contribution in [1.82, 2.24) is 10.2 Å². The maximum absolute atomic E-state index is 13.1. The molecule has 1 aliphatic heterocycles. The number of rotatable bonds is 4. The van der Waals surface area contributed by atoms with Gasteiger partial charge in [-0.25, -0.2) is 4.39 Å². The quantitative estimate of drug-likeness (QED) is 0.891. The van der Waals surface area contributed by atoms with Crippen LogP contribution in [0.15, 0.2) is 18.2 Å². The van der Waals surface area contributed by atoms with Crippen LogP contribution < -0.4 is 11.1 Å². The minimum absolute atomic E-state index is 0.0286. The molecule has 1 saturated heterocycles. The topological polar surface area (TPSA) is 58.4 Å². The summed E-state index contributed by atoms with van der Waals surface area (Å²) >= 11 is 6.08. The maximum Gasteiger partial charge on any atom is 0.240 e. The zero-order valence-electron chi connectivity index (χ0n) is 12.4. The van der Waals surface area contributed by atoms with Crippen molar-refractivity contribution >= 4 is 17.5 Å². The van der Waals surface area contributed by atoms with Gasteiger partial charge < -0.3 is 11.1 Å². The summed E-state index contributed by atoms with van der Waals surface area (Å²) in [5, 5.41) is 3.51. The van der Waals surface area contributed by atoms with E-state index < -0.39 is 5.54 Å². The number of nitrogens with one attached hydrogen (secondary N) is 1. The second-order valence-electron chi connectivity index (χ2n) is 6.44. The van der Waals surface area contributed by atoms with Gasteiger partial charge in [0.2, 0.25) is 5.91 Å². The van der Waals surface area contributed by atoms with Crippen molar-refractivity contribution in [2.45, 2.75) is 43.8 Å². The van der Waals surface area contributed by atoms with Crippen LogP contribution >= 0.6 is 11.6 Å². The number of halogens is 2. The van der Waals surface area contributed by atoms with Crippen molar-refractivity contribution in [2.75, 3.05) is 13.1 Å². The number of nitrogens with zero attached hydrogens (tertiary/aromatic N) is 1. The van der Waals surface area contributed by atoms with Crippen LogP contribution in [0.4, 0.5) is 4.39 Å². The molecule has 2 fully saturated rings. The van der Waals surface area contributed by atoms with Crippen LogP contribution in [0.2, 0.25) is 5.02 Å². The molecule has 1 aromatic carbocycles. The van der Waals surface area contributed by atoms with E-state index in [-0.39, 0.29) is 17.8 Å². The molecule has 1 amide bonds. The van der Waals surface area contributed by atoms with Gasteiger partial charge in [-0.2, -0.15) is 0 Å². The smallest absolute Gasteiger partial charge is 0.240 e. The number of nitrogens with two attached hydrogens (primary N) is 1. The fraction of sp³-hybridized carbons (Fsp3) is 0.562. The lowest BCUT2D eigenvalue weighted by atomic mass is 10.0. The molecule has 1 aliphatic carbocycles. The van der Waals surface area contributed by atoms with Gasteiger partial charge in [0.25, 0.3) is 0 Å². The van der Waals surface area contributed by atoms with Crippen LogP contribution in [-0.2, 0) is 11.3 Å². The summed E-state index contributed by atoms with van der Waals surface area (Å²) in [6, 6.07) is 4.61. The number of likely N-dealkylation sites (tertiary alicyclic amines) is 1. The molecule has 3 rings (SSSR count). The first-order valence-corrected chi connectivity index (χ1v) is 8.10. The van der Waals surface area contributed by atoms with E-state index >= 15 is 0 Å². The van der Waals surface area contributed by atoms with Gasteiger partial charge in [0.1, 0.15) is 5.82 Å². The lowest BCUT2D eigenvalue weighted by Crippen LogP contribution is -2.52. The van der Waals surface area contributed by atoms with Gasteiger partial charge in [-0.1, -0.05) is 17.7 Å². The minimum Gasteiger partial charge on any atom is -0.350 e. The fourth-order valence-electron chi connectivity index (χ4n) is 2.90. The first-order valence-electron chi connectivity index (χ1n) is 7.72. The molecule has 1 saturated carbocycles. The summed E-state index contributed by atoms with van der Waals surface area (Å²) in [4.78, 5) is 14.3. The summed E-state index contributed by atoms with van der Waals surface area (Å²) < 4.78 is 13.1. The Hall–Kier alpha value is -1.17. The van der Waals surface area contributed by atoms with Crippen LogP contribution in [0.25, 0.3) is 0 Å². The van der Waals surface area contributed by atoms with Crippen molar-refractivity contribution in [2.24, 2.45) is 5.73 Å². The van der Waals surface area contributed by atoms with E-state index in [1.165, 1.54) is 12.1 Å². The van der Waals surface area contributed by atoms with Crippen LogP contribution in [0.3, 0.4) is 0 Å². The van der Waals surface area contributed by atoms with Crippen LogP contribution in [-0.4, -0.2) is 35.5 Å². The van der Waals surface area contributed by atoms with Gasteiger partial charge in [-0.15, -0.1) is 0 Å². The number of piperidine rings is 1. The molecule has 0 aromatic heterocycles. The summed E-state index contributed by atoms with van der Waals surface area (Å²) in [5.41, 5.74) is 6.21. The van der Waals surface area contributed by atoms with Crippen LogP contribution in [0.5, 0.6) is 0 Å². The zero-order chi connectivity index (χ0) is 15.7. The number of carbonyl (C=O) groups excluding carboxylic acids is 1. The van der Waals surface area contributed by atoms with Gasteiger partial charge >= 0.3 is 0 Å². The van der Waals surface area contributed by atoms with Gasteiger partial charge in [0, 0.05) is 24.2 Å². The SMILES string of the molecule is NC1(C(=O)N[C@@H]2CCCN(Cc3ccc(F)cc3Cl)C2)CC1. The predicted octanol–water partition coefficient (Wildman–Crippen LogP) is 2.05. The standard InChI is InChI=1S/C16H21ClFN3O/c17-14-8-12(18)4-3-11(14)9-21-7-1-2-13(10-21)20-15(22)16(19)5-6-16/h3-4,8,13H,1-2,5-7,9-10,19H2,(H,20,22)/t13-/m1/s1. The molecular formula is C16H21ClFN3O. The summed E-state index contributed by atoms with van der Waals surface area (Å²) in [6.45, 7) is 2.39. The molecule has 4 nitrogen and oxygen atoms in total.